The second-order valence-corrected chi connectivity index (χ2v) is 3.69. The smallest absolute Gasteiger partial charge is 0.334 e. The van der Waals surface area contributed by atoms with Crippen LogP contribution in [0, 0.1) is 5.92 Å². The first kappa shape index (κ1) is 10.3. The minimum atomic E-state index is -0.213. The summed E-state index contributed by atoms with van der Waals surface area (Å²) >= 11 is 0. The van der Waals surface area contributed by atoms with Crippen molar-refractivity contribution in [2.24, 2.45) is 5.92 Å². The van der Waals surface area contributed by atoms with E-state index < -0.39 is 0 Å². The van der Waals surface area contributed by atoms with Gasteiger partial charge in [0.15, 0.2) is 0 Å². The molecule has 0 aromatic carbocycles. The van der Waals surface area contributed by atoms with Gasteiger partial charge in [0.05, 0.1) is 7.11 Å². The maximum Gasteiger partial charge on any atom is 0.334 e. The first-order valence-electron chi connectivity index (χ1n) is 4.66. The van der Waals surface area contributed by atoms with E-state index in [4.69, 9.17) is 0 Å². The molecule has 1 heterocycles. The molecule has 0 aromatic rings. The van der Waals surface area contributed by atoms with Gasteiger partial charge in [0, 0.05) is 18.2 Å². The molecule has 3 nitrogen and oxygen atoms in total. The van der Waals surface area contributed by atoms with E-state index in [1.165, 1.54) is 7.11 Å². The molecule has 0 amide bonds. The van der Waals surface area contributed by atoms with Gasteiger partial charge in [0.1, 0.15) is 0 Å². The van der Waals surface area contributed by atoms with Gasteiger partial charge >= 0.3 is 5.97 Å². The second kappa shape index (κ2) is 4.42. The van der Waals surface area contributed by atoms with E-state index in [0.29, 0.717) is 18.5 Å². The molecule has 0 bridgehead atoms. The lowest BCUT2D eigenvalue weighted by Crippen LogP contribution is -2.39. The summed E-state index contributed by atoms with van der Waals surface area (Å²) in [4.78, 5) is 11.1. The van der Waals surface area contributed by atoms with Gasteiger partial charge in [-0.15, -0.1) is 0 Å². The SMILES string of the molecule is COC(=O)C1=CCC(C(C)C)NC1. The number of carbonyl (C=O) groups excluding carboxylic acids is 1. The van der Waals surface area contributed by atoms with Crippen LogP contribution in [0.4, 0.5) is 0 Å². The van der Waals surface area contributed by atoms with Gasteiger partial charge in [-0.2, -0.15) is 0 Å². The lowest BCUT2D eigenvalue weighted by molar-refractivity contribution is -0.136. The summed E-state index contributed by atoms with van der Waals surface area (Å²) < 4.78 is 4.64. The zero-order valence-electron chi connectivity index (χ0n) is 8.46. The van der Waals surface area contributed by atoms with Gasteiger partial charge in [0.25, 0.3) is 0 Å². The Labute approximate surface area is 79.2 Å². The Morgan fingerprint density at radius 3 is 2.77 bits per heavy atom. The molecule has 0 aromatic heterocycles. The molecule has 0 spiro atoms. The van der Waals surface area contributed by atoms with Crippen molar-refractivity contribution in [1.29, 1.82) is 0 Å². The molecule has 0 radical (unpaired) electrons. The molecule has 3 heteroatoms. The quantitative estimate of drug-likeness (QED) is 0.652. The van der Waals surface area contributed by atoms with E-state index in [1.54, 1.807) is 0 Å². The zero-order valence-corrected chi connectivity index (χ0v) is 8.46. The molecule has 1 rings (SSSR count). The summed E-state index contributed by atoms with van der Waals surface area (Å²) in [6, 6.07) is 0.494. The van der Waals surface area contributed by atoms with E-state index in [0.717, 1.165) is 12.0 Å². The Bertz CT molecular complexity index is 221. The average molecular weight is 183 g/mol. The summed E-state index contributed by atoms with van der Waals surface area (Å²) in [7, 11) is 1.41. The Kier molecular flexibility index (Phi) is 3.48. The third kappa shape index (κ3) is 2.56. The zero-order chi connectivity index (χ0) is 9.84. The van der Waals surface area contributed by atoms with Gasteiger partial charge in [-0.3, -0.25) is 0 Å². The van der Waals surface area contributed by atoms with Crippen molar-refractivity contribution in [1.82, 2.24) is 5.32 Å². The number of rotatable bonds is 2. The molecule has 1 aliphatic heterocycles. The van der Waals surface area contributed by atoms with Crippen LogP contribution in [0.3, 0.4) is 0 Å². The molecular weight excluding hydrogens is 166 g/mol. The molecule has 0 saturated carbocycles. The molecule has 1 aliphatic rings. The van der Waals surface area contributed by atoms with Crippen LogP contribution in [-0.4, -0.2) is 25.7 Å². The highest BCUT2D eigenvalue weighted by molar-refractivity contribution is 5.88. The van der Waals surface area contributed by atoms with Crippen LogP contribution in [-0.2, 0) is 9.53 Å². The Balaban J connectivity index is 2.52. The highest BCUT2D eigenvalue weighted by Gasteiger charge is 2.19. The number of hydrogen-bond donors (Lipinski definition) is 1. The van der Waals surface area contributed by atoms with E-state index in [2.05, 4.69) is 23.9 Å². The Hall–Kier alpha value is -0.830. The van der Waals surface area contributed by atoms with Gasteiger partial charge < -0.3 is 10.1 Å². The van der Waals surface area contributed by atoms with Crippen LogP contribution in [0.15, 0.2) is 11.6 Å². The van der Waals surface area contributed by atoms with Gasteiger partial charge in [0.2, 0.25) is 0 Å². The van der Waals surface area contributed by atoms with Crippen molar-refractivity contribution in [3.8, 4) is 0 Å². The second-order valence-electron chi connectivity index (χ2n) is 3.69. The molecular formula is C10H17NO2. The number of hydrogen-bond acceptors (Lipinski definition) is 3. The monoisotopic (exact) mass is 183 g/mol. The summed E-state index contributed by atoms with van der Waals surface area (Å²) in [5.74, 6) is 0.394. The predicted octanol–water partition coefficient (Wildman–Crippen LogP) is 1.10. The van der Waals surface area contributed by atoms with Gasteiger partial charge in [-0.1, -0.05) is 19.9 Å². The Morgan fingerprint density at radius 2 is 2.38 bits per heavy atom. The van der Waals surface area contributed by atoms with Gasteiger partial charge in [-0.05, 0) is 12.3 Å². The highest BCUT2D eigenvalue weighted by atomic mass is 16.5. The van der Waals surface area contributed by atoms with Crippen molar-refractivity contribution in [2.45, 2.75) is 26.3 Å². The fraction of sp³-hybridized carbons (Fsp3) is 0.700. The molecule has 1 atom stereocenters. The standard InChI is InChI=1S/C10H17NO2/c1-7(2)9-5-4-8(6-11-9)10(12)13-3/h4,7,9,11H,5-6H2,1-3H3. The highest BCUT2D eigenvalue weighted by Crippen LogP contribution is 2.14. The van der Waals surface area contributed by atoms with Crippen LogP contribution in [0.2, 0.25) is 0 Å². The largest absolute Gasteiger partial charge is 0.466 e. The number of methoxy groups -OCH3 is 1. The lowest BCUT2D eigenvalue weighted by atomic mass is 9.96. The molecule has 1 unspecified atom stereocenters. The number of nitrogens with one attached hydrogen (secondary N) is 1. The van der Waals surface area contributed by atoms with E-state index in [9.17, 15) is 4.79 Å². The molecule has 74 valence electrons. The van der Waals surface area contributed by atoms with E-state index >= 15 is 0 Å². The van der Waals surface area contributed by atoms with Crippen LogP contribution in [0.25, 0.3) is 0 Å². The first-order valence-corrected chi connectivity index (χ1v) is 4.66. The normalized spacial score (nSPS) is 22.8. The number of ether oxygens (including phenoxy) is 1. The molecule has 0 fully saturated rings. The Morgan fingerprint density at radius 1 is 1.69 bits per heavy atom. The van der Waals surface area contributed by atoms with Crippen molar-refractivity contribution in [3.63, 3.8) is 0 Å². The third-order valence-electron chi connectivity index (χ3n) is 2.43. The van der Waals surface area contributed by atoms with Crippen LogP contribution < -0.4 is 5.32 Å². The minimum absolute atomic E-state index is 0.213. The number of esters is 1. The lowest BCUT2D eigenvalue weighted by Gasteiger charge is -2.25. The topological polar surface area (TPSA) is 38.3 Å². The molecule has 13 heavy (non-hydrogen) atoms. The third-order valence-corrected chi connectivity index (χ3v) is 2.43. The summed E-state index contributed by atoms with van der Waals surface area (Å²) in [6.07, 6.45) is 2.90. The van der Waals surface area contributed by atoms with Crippen LogP contribution >= 0.6 is 0 Å². The summed E-state index contributed by atoms with van der Waals surface area (Å²) in [6.45, 7) is 4.98. The van der Waals surface area contributed by atoms with Crippen LogP contribution in [0.5, 0.6) is 0 Å². The first-order chi connectivity index (χ1) is 6.15. The van der Waals surface area contributed by atoms with Crippen LogP contribution in [0.1, 0.15) is 20.3 Å². The predicted molar refractivity (Wildman–Crippen MR) is 51.3 cm³/mol. The van der Waals surface area contributed by atoms with Crippen molar-refractivity contribution in [2.75, 3.05) is 13.7 Å². The number of carbonyl (C=O) groups is 1. The molecule has 1 N–H and O–H groups in total. The van der Waals surface area contributed by atoms with Gasteiger partial charge in [-0.25, -0.2) is 4.79 Å². The fourth-order valence-electron chi connectivity index (χ4n) is 1.46. The maximum absolute atomic E-state index is 11.1. The average Bonchev–Trinajstić information content (AvgIpc) is 2.17. The van der Waals surface area contributed by atoms with Crippen molar-refractivity contribution < 1.29 is 9.53 Å². The van der Waals surface area contributed by atoms with Crippen molar-refractivity contribution in [3.05, 3.63) is 11.6 Å². The molecule has 0 saturated heterocycles. The summed E-state index contributed by atoms with van der Waals surface area (Å²) in [5.41, 5.74) is 0.749. The van der Waals surface area contributed by atoms with E-state index in [-0.39, 0.29) is 5.97 Å². The maximum atomic E-state index is 11.1. The fourth-order valence-corrected chi connectivity index (χ4v) is 1.46. The minimum Gasteiger partial charge on any atom is -0.466 e. The summed E-state index contributed by atoms with van der Waals surface area (Å²) in [5, 5.41) is 3.31. The molecule has 0 aliphatic carbocycles. The van der Waals surface area contributed by atoms with Crippen molar-refractivity contribution >= 4 is 5.97 Å². The van der Waals surface area contributed by atoms with E-state index in [1.807, 2.05) is 6.08 Å².